The predicted octanol–water partition coefficient (Wildman–Crippen LogP) is 6.12. The first kappa shape index (κ1) is 17.2. The molecule has 0 unspecified atom stereocenters. The van der Waals surface area contributed by atoms with Gasteiger partial charge < -0.3 is 4.74 Å². The molecule has 0 bridgehead atoms. The van der Waals surface area contributed by atoms with Gasteiger partial charge in [0.25, 0.3) is 0 Å². The van der Waals surface area contributed by atoms with E-state index in [4.69, 9.17) is 16.3 Å². The lowest BCUT2D eigenvalue weighted by atomic mass is 10.2. The Morgan fingerprint density at radius 1 is 1.04 bits per heavy atom. The van der Waals surface area contributed by atoms with E-state index in [1.807, 2.05) is 55.5 Å². The molecule has 126 valence electrons. The third-order valence-electron chi connectivity index (χ3n) is 3.68. The maximum absolute atomic E-state index is 13.2. The molecule has 25 heavy (non-hydrogen) atoms. The van der Waals surface area contributed by atoms with Crippen molar-refractivity contribution in [3.63, 3.8) is 0 Å². The number of hydrogen-bond acceptors (Lipinski definition) is 2. The Balaban J connectivity index is 1.71. The molecule has 0 aliphatic carbocycles. The molecule has 0 saturated heterocycles. The summed E-state index contributed by atoms with van der Waals surface area (Å²) in [6.07, 6.45) is 1.77. The summed E-state index contributed by atoms with van der Waals surface area (Å²) in [7, 11) is 0. The normalized spacial score (nSPS) is 11.0. The van der Waals surface area contributed by atoms with Gasteiger partial charge in [-0.25, -0.2) is 4.39 Å². The van der Waals surface area contributed by atoms with Crippen molar-refractivity contribution in [3.05, 3.63) is 94.3 Å². The highest BCUT2D eigenvalue weighted by Crippen LogP contribution is 2.23. The molecule has 3 rings (SSSR count). The number of aliphatic imine (C=N–C) groups is 1. The van der Waals surface area contributed by atoms with E-state index in [1.54, 1.807) is 12.3 Å². The van der Waals surface area contributed by atoms with Gasteiger partial charge in [0.2, 0.25) is 0 Å². The lowest BCUT2D eigenvalue weighted by molar-refractivity contribution is 0.305. The van der Waals surface area contributed by atoms with Crippen LogP contribution in [0, 0.1) is 12.7 Å². The molecule has 0 spiro atoms. The summed E-state index contributed by atoms with van der Waals surface area (Å²) in [6, 6.07) is 19.6. The van der Waals surface area contributed by atoms with Crippen LogP contribution in [-0.2, 0) is 6.61 Å². The Kier molecular flexibility index (Phi) is 5.46. The molecular weight excluding hydrogens is 337 g/mol. The third-order valence-corrected chi connectivity index (χ3v) is 3.91. The number of rotatable bonds is 5. The van der Waals surface area contributed by atoms with Crippen molar-refractivity contribution in [2.24, 2.45) is 4.99 Å². The Bertz CT molecular complexity index is 908. The maximum Gasteiger partial charge on any atom is 0.123 e. The zero-order valence-electron chi connectivity index (χ0n) is 13.7. The van der Waals surface area contributed by atoms with Crippen LogP contribution < -0.4 is 4.74 Å². The fourth-order valence-corrected chi connectivity index (χ4v) is 2.51. The van der Waals surface area contributed by atoms with Crippen molar-refractivity contribution >= 4 is 23.5 Å². The molecule has 0 saturated carbocycles. The second-order valence-electron chi connectivity index (χ2n) is 5.68. The average molecular weight is 354 g/mol. The van der Waals surface area contributed by atoms with E-state index < -0.39 is 0 Å². The van der Waals surface area contributed by atoms with Gasteiger partial charge in [-0.15, -0.1) is 0 Å². The van der Waals surface area contributed by atoms with Gasteiger partial charge in [-0.3, -0.25) is 4.99 Å². The summed E-state index contributed by atoms with van der Waals surface area (Å²) in [5, 5.41) is 0.657. The van der Waals surface area contributed by atoms with E-state index in [-0.39, 0.29) is 5.82 Å². The standard InChI is InChI=1S/C21H17ClFNO/c1-15-8-9-18(22)12-21(15)24-13-16-4-3-7-20(11-16)25-14-17-5-2-6-19(23)10-17/h2-13H,14H2,1H3. The topological polar surface area (TPSA) is 21.6 Å². The van der Waals surface area contributed by atoms with Crippen LogP contribution >= 0.6 is 11.6 Å². The van der Waals surface area contributed by atoms with Gasteiger partial charge in [0.15, 0.2) is 0 Å². The second kappa shape index (κ2) is 7.95. The number of nitrogens with zero attached hydrogens (tertiary/aromatic N) is 1. The van der Waals surface area contributed by atoms with Gasteiger partial charge in [-0.1, -0.05) is 41.9 Å². The van der Waals surface area contributed by atoms with Crippen LogP contribution in [0.15, 0.2) is 71.7 Å². The van der Waals surface area contributed by atoms with Crippen molar-refractivity contribution in [2.45, 2.75) is 13.5 Å². The summed E-state index contributed by atoms with van der Waals surface area (Å²) < 4.78 is 18.9. The predicted molar refractivity (Wildman–Crippen MR) is 101 cm³/mol. The van der Waals surface area contributed by atoms with Crippen molar-refractivity contribution in [2.75, 3.05) is 0 Å². The Morgan fingerprint density at radius 2 is 1.88 bits per heavy atom. The van der Waals surface area contributed by atoms with Crippen LogP contribution in [0.25, 0.3) is 0 Å². The SMILES string of the molecule is Cc1ccc(Cl)cc1N=Cc1cccc(OCc2cccc(F)c2)c1. The van der Waals surface area contributed by atoms with E-state index >= 15 is 0 Å². The Morgan fingerprint density at radius 3 is 2.72 bits per heavy atom. The molecule has 0 heterocycles. The van der Waals surface area contributed by atoms with Gasteiger partial charge in [-0.05, 0) is 60.0 Å². The largest absolute Gasteiger partial charge is 0.489 e. The van der Waals surface area contributed by atoms with Crippen molar-refractivity contribution in [1.82, 2.24) is 0 Å². The minimum atomic E-state index is -0.265. The van der Waals surface area contributed by atoms with E-state index in [0.717, 1.165) is 22.4 Å². The highest BCUT2D eigenvalue weighted by molar-refractivity contribution is 6.30. The van der Waals surface area contributed by atoms with Gasteiger partial charge in [-0.2, -0.15) is 0 Å². The van der Waals surface area contributed by atoms with E-state index in [9.17, 15) is 4.39 Å². The molecule has 0 aliphatic heterocycles. The number of benzene rings is 3. The van der Waals surface area contributed by atoms with Crippen LogP contribution in [0.5, 0.6) is 5.75 Å². The van der Waals surface area contributed by atoms with Crippen LogP contribution in [0.4, 0.5) is 10.1 Å². The summed E-state index contributed by atoms with van der Waals surface area (Å²) >= 11 is 6.01. The molecule has 0 aromatic heterocycles. The van der Waals surface area contributed by atoms with Crippen molar-refractivity contribution < 1.29 is 9.13 Å². The number of hydrogen-bond donors (Lipinski definition) is 0. The maximum atomic E-state index is 13.2. The van der Waals surface area contributed by atoms with Crippen LogP contribution in [-0.4, -0.2) is 6.21 Å². The summed E-state index contributed by atoms with van der Waals surface area (Å²) in [5.41, 5.74) is 3.59. The zero-order valence-corrected chi connectivity index (χ0v) is 14.5. The molecule has 2 nitrogen and oxygen atoms in total. The fraction of sp³-hybridized carbons (Fsp3) is 0.0952. The first-order chi connectivity index (χ1) is 12.1. The van der Waals surface area contributed by atoms with Gasteiger partial charge in [0.05, 0.1) is 5.69 Å². The first-order valence-corrected chi connectivity index (χ1v) is 8.25. The Labute approximate surface area is 151 Å². The minimum Gasteiger partial charge on any atom is -0.489 e. The molecular formula is C21H17ClFNO. The summed E-state index contributed by atoms with van der Waals surface area (Å²) in [6.45, 7) is 2.30. The second-order valence-corrected chi connectivity index (χ2v) is 6.12. The summed E-state index contributed by atoms with van der Waals surface area (Å²) in [4.78, 5) is 4.49. The van der Waals surface area contributed by atoms with Gasteiger partial charge >= 0.3 is 0 Å². The molecule has 3 aromatic rings. The average Bonchev–Trinajstić information content (AvgIpc) is 2.61. The quantitative estimate of drug-likeness (QED) is 0.506. The molecule has 3 aromatic carbocycles. The van der Waals surface area contributed by atoms with E-state index in [0.29, 0.717) is 17.4 Å². The zero-order chi connectivity index (χ0) is 17.6. The number of ether oxygens (including phenoxy) is 1. The van der Waals surface area contributed by atoms with Crippen LogP contribution in [0.2, 0.25) is 5.02 Å². The molecule has 0 radical (unpaired) electrons. The minimum absolute atomic E-state index is 0.265. The molecule has 0 amide bonds. The monoisotopic (exact) mass is 353 g/mol. The van der Waals surface area contributed by atoms with Gasteiger partial charge in [0, 0.05) is 11.2 Å². The molecule has 0 aliphatic rings. The van der Waals surface area contributed by atoms with Crippen molar-refractivity contribution in [3.8, 4) is 5.75 Å². The molecule has 4 heteroatoms. The highest BCUT2D eigenvalue weighted by atomic mass is 35.5. The fourth-order valence-electron chi connectivity index (χ4n) is 2.34. The molecule has 0 fully saturated rings. The number of halogens is 2. The number of aryl methyl sites for hydroxylation is 1. The highest BCUT2D eigenvalue weighted by Gasteiger charge is 2.00. The smallest absolute Gasteiger partial charge is 0.123 e. The van der Waals surface area contributed by atoms with Crippen LogP contribution in [0.1, 0.15) is 16.7 Å². The molecule has 0 N–H and O–H groups in total. The van der Waals surface area contributed by atoms with E-state index in [2.05, 4.69) is 4.99 Å². The third kappa shape index (κ3) is 4.91. The first-order valence-electron chi connectivity index (χ1n) is 7.88. The van der Waals surface area contributed by atoms with Gasteiger partial charge in [0.1, 0.15) is 18.2 Å². The molecule has 0 atom stereocenters. The lowest BCUT2D eigenvalue weighted by Crippen LogP contribution is -1.96. The Hall–Kier alpha value is -2.65. The van der Waals surface area contributed by atoms with Crippen molar-refractivity contribution in [1.29, 1.82) is 0 Å². The van der Waals surface area contributed by atoms with Crippen LogP contribution in [0.3, 0.4) is 0 Å². The summed E-state index contributed by atoms with van der Waals surface area (Å²) in [5.74, 6) is 0.440. The van der Waals surface area contributed by atoms with E-state index in [1.165, 1.54) is 12.1 Å². The lowest BCUT2D eigenvalue weighted by Gasteiger charge is -2.07.